The zero-order chi connectivity index (χ0) is 12.2. The van der Waals surface area contributed by atoms with E-state index in [1.807, 2.05) is 0 Å². The van der Waals surface area contributed by atoms with Crippen molar-refractivity contribution in [3.63, 3.8) is 0 Å². The first-order valence-electron chi connectivity index (χ1n) is 4.85. The standard InChI is InChI=1S/C11H13F2IOS/c1-8(2)7-16-10-5-3-9(4-6-10)15-11(12,13)14/h3-6,8H,7H2,1-2H3. The highest BCUT2D eigenvalue weighted by Crippen LogP contribution is 2.29. The predicted octanol–water partition coefficient (Wildman–Crippen LogP) is 4.80. The van der Waals surface area contributed by atoms with E-state index in [2.05, 4.69) is 18.6 Å². The summed E-state index contributed by atoms with van der Waals surface area (Å²) in [4.78, 5) is 1.07. The minimum atomic E-state index is -3.15. The molecule has 0 bridgehead atoms. The number of halogens is 3. The third kappa shape index (κ3) is 5.89. The largest absolute Gasteiger partial charge is 0.451 e. The van der Waals surface area contributed by atoms with Crippen LogP contribution in [0.1, 0.15) is 13.8 Å². The molecule has 0 saturated heterocycles. The molecule has 0 fully saturated rings. The van der Waals surface area contributed by atoms with Gasteiger partial charge in [0.2, 0.25) is 0 Å². The van der Waals surface area contributed by atoms with E-state index >= 15 is 0 Å². The third-order valence-electron chi connectivity index (χ3n) is 1.64. The van der Waals surface area contributed by atoms with Gasteiger partial charge in [0, 0.05) is 10.6 Å². The Kier molecular flexibility index (Phi) is 5.30. The van der Waals surface area contributed by atoms with Crippen molar-refractivity contribution in [2.75, 3.05) is 5.75 Å². The second-order valence-electron chi connectivity index (χ2n) is 3.72. The van der Waals surface area contributed by atoms with Gasteiger partial charge in [-0.2, -0.15) is 8.78 Å². The molecule has 0 unspecified atom stereocenters. The van der Waals surface area contributed by atoms with Crippen LogP contribution in [0.3, 0.4) is 0 Å². The third-order valence-corrected chi connectivity index (χ3v) is 3.30. The maximum absolute atomic E-state index is 12.5. The van der Waals surface area contributed by atoms with Gasteiger partial charge in [0.05, 0.1) is 22.6 Å². The first-order chi connectivity index (χ1) is 7.37. The average Bonchev–Trinajstić information content (AvgIpc) is 2.14. The molecule has 0 atom stereocenters. The lowest BCUT2D eigenvalue weighted by molar-refractivity contribution is -0.0691. The Bertz CT molecular complexity index is 322. The van der Waals surface area contributed by atoms with E-state index in [4.69, 9.17) is 0 Å². The number of hydrogen-bond acceptors (Lipinski definition) is 2. The fourth-order valence-corrected chi connectivity index (χ4v) is 2.11. The number of hydrogen-bond donors (Lipinski definition) is 0. The molecule has 0 radical (unpaired) electrons. The normalized spacial score (nSPS) is 11.9. The fourth-order valence-electron chi connectivity index (χ4n) is 1.00. The van der Waals surface area contributed by atoms with Crippen LogP contribution in [0.15, 0.2) is 29.2 Å². The summed E-state index contributed by atoms with van der Waals surface area (Å²) in [6.07, 6.45) is 0. The van der Waals surface area contributed by atoms with Crippen LogP contribution < -0.4 is 4.74 Å². The molecule has 0 spiro atoms. The molecule has 0 aliphatic rings. The van der Waals surface area contributed by atoms with Crippen LogP contribution >= 0.6 is 34.4 Å². The van der Waals surface area contributed by atoms with Gasteiger partial charge in [-0.3, -0.25) is 0 Å². The van der Waals surface area contributed by atoms with Crippen molar-refractivity contribution >= 4 is 34.4 Å². The molecule has 1 rings (SSSR count). The predicted molar refractivity (Wildman–Crippen MR) is 71.6 cm³/mol. The fraction of sp³-hybridized carbons (Fsp3) is 0.455. The van der Waals surface area contributed by atoms with E-state index in [0.717, 1.165) is 33.2 Å². The highest BCUT2D eigenvalue weighted by molar-refractivity contribution is 14.1. The van der Waals surface area contributed by atoms with E-state index in [-0.39, 0.29) is 5.75 Å². The summed E-state index contributed by atoms with van der Waals surface area (Å²) in [5, 5.41) is 0. The second kappa shape index (κ2) is 6.05. The summed E-state index contributed by atoms with van der Waals surface area (Å²) < 4.78 is 26.3. The molecule has 1 aromatic rings. The van der Waals surface area contributed by atoms with Crippen molar-refractivity contribution in [3.05, 3.63) is 24.3 Å². The smallest absolute Gasteiger partial charge is 0.425 e. The number of ether oxygens (including phenoxy) is 1. The molecule has 0 aliphatic carbocycles. The van der Waals surface area contributed by atoms with Gasteiger partial charge in [0.15, 0.2) is 0 Å². The van der Waals surface area contributed by atoms with E-state index in [1.165, 1.54) is 0 Å². The van der Waals surface area contributed by atoms with Crippen LogP contribution in [0.4, 0.5) is 8.78 Å². The Morgan fingerprint density at radius 3 is 2.31 bits per heavy atom. The van der Waals surface area contributed by atoms with E-state index in [1.54, 1.807) is 36.0 Å². The van der Waals surface area contributed by atoms with E-state index in [0.29, 0.717) is 5.92 Å². The van der Waals surface area contributed by atoms with Crippen molar-refractivity contribution in [2.24, 2.45) is 5.92 Å². The first-order valence-corrected chi connectivity index (χ1v) is 6.92. The summed E-state index contributed by atoms with van der Waals surface area (Å²) >= 11 is 2.66. The van der Waals surface area contributed by atoms with E-state index < -0.39 is 4.12 Å². The minimum Gasteiger partial charge on any atom is -0.425 e. The molecule has 1 aromatic carbocycles. The lowest BCUT2D eigenvalue weighted by atomic mass is 10.3. The van der Waals surface area contributed by atoms with Gasteiger partial charge in [-0.25, -0.2) is 0 Å². The van der Waals surface area contributed by atoms with Crippen LogP contribution in [-0.2, 0) is 0 Å². The minimum absolute atomic E-state index is 0.188. The lowest BCUT2D eigenvalue weighted by Gasteiger charge is -2.11. The van der Waals surface area contributed by atoms with Gasteiger partial charge in [0.1, 0.15) is 5.75 Å². The summed E-state index contributed by atoms with van der Waals surface area (Å²) in [6, 6.07) is 6.72. The maximum Gasteiger partial charge on any atom is 0.451 e. The van der Waals surface area contributed by atoms with E-state index in [9.17, 15) is 8.78 Å². The van der Waals surface area contributed by atoms with Crippen molar-refractivity contribution in [1.29, 1.82) is 0 Å². The quantitative estimate of drug-likeness (QED) is 0.425. The highest BCUT2D eigenvalue weighted by atomic mass is 127. The van der Waals surface area contributed by atoms with Crippen LogP contribution in [0.5, 0.6) is 5.75 Å². The number of thioether (sulfide) groups is 1. The zero-order valence-electron chi connectivity index (χ0n) is 9.04. The van der Waals surface area contributed by atoms with Crippen molar-refractivity contribution < 1.29 is 13.5 Å². The van der Waals surface area contributed by atoms with Crippen LogP contribution in [-0.4, -0.2) is 9.87 Å². The van der Waals surface area contributed by atoms with Crippen molar-refractivity contribution in [1.82, 2.24) is 0 Å². The Balaban J connectivity index is 2.54. The molecule has 1 nitrogen and oxygen atoms in total. The van der Waals surface area contributed by atoms with Crippen molar-refractivity contribution in [2.45, 2.75) is 22.9 Å². The molecule has 0 aromatic heterocycles. The molecular weight excluding hydrogens is 345 g/mol. The summed E-state index contributed by atoms with van der Waals surface area (Å²) in [7, 11) is 0. The number of benzene rings is 1. The molecule has 90 valence electrons. The molecule has 16 heavy (non-hydrogen) atoms. The number of alkyl halides is 3. The van der Waals surface area contributed by atoms with Crippen molar-refractivity contribution in [3.8, 4) is 5.75 Å². The molecule has 0 N–H and O–H groups in total. The van der Waals surface area contributed by atoms with Crippen LogP contribution in [0.2, 0.25) is 0 Å². The van der Waals surface area contributed by atoms with Crippen LogP contribution in [0, 0.1) is 5.92 Å². The summed E-state index contributed by atoms with van der Waals surface area (Å²) in [5.41, 5.74) is 0. The van der Waals surface area contributed by atoms with Crippen LogP contribution in [0.25, 0.3) is 0 Å². The molecule has 0 aliphatic heterocycles. The second-order valence-corrected chi connectivity index (χ2v) is 6.07. The Morgan fingerprint density at radius 1 is 1.31 bits per heavy atom. The summed E-state index contributed by atoms with van der Waals surface area (Å²) in [6.45, 7) is 4.28. The Labute approximate surface area is 112 Å². The monoisotopic (exact) mass is 358 g/mol. The van der Waals surface area contributed by atoms with Gasteiger partial charge < -0.3 is 4.74 Å². The maximum atomic E-state index is 12.5. The average molecular weight is 358 g/mol. The lowest BCUT2D eigenvalue weighted by Crippen LogP contribution is -2.14. The Hall–Kier alpha value is -0.0400. The zero-order valence-corrected chi connectivity index (χ0v) is 12.0. The SMILES string of the molecule is CC(C)CSc1ccc(OC(F)(F)I)cc1. The Morgan fingerprint density at radius 2 is 1.88 bits per heavy atom. The highest BCUT2D eigenvalue weighted by Gasteiger charge is 2.25. The molecule has 0 saturated carbocycles. The topological polar surface area (TPSA) is 9.23 Å². The van der Waals surface area contributed by atoms with Gasteiger partial charge in [-0.05, 0) is 30.2 Å². The molecule has 0 amide bonds. The van der Waals surface area contributed by atoms with Gasteiger partial charge in [-0.15, -0.1) is 11.8 Å². The molecule has 0 heterocycles. The number of rotatable bonds is 5. The van der Waals surface area contributed by atoms with Gasteiger partial charge in [0.25, 0.3) is 0 Å². The molecular formula is C11H13F2IOS. The summed E-state index contributed by atoms with van der Waals surface area (Å²) in [5.74, 6) is 1.82. The van der Waals surface area contributed by atoms with Gasteiger partial charge >= 0.3 is 4.12 Å². The first kappa shape index (κ1) is 14.0. The van der Waals surface area contributed by atoms with Gasteiger partial charge in [-0.1, -0.05) is 13.8 Å². The molecule has 5 heteroatoms.